The van der Waals surface area contributed by atoms with Gasteiger partial charge in [0, 0.05) is 5.56 Å². The SMILES string of the molecule is CCNC(c1ccc(OC(C)C)cc1)c1ccoc1Cl. The van der Waals surface area contributed by atoms with E-state index in [9.17, 15) is 0 Å². The van der Waals surface area contributed by atoms with Gasteiger partial charge in [-0.2, -0.15) is 0 Å². The molecule has 1 aromatic carbocycles. The van der Waals surface area contributed by atoms with Gasteiger partial charge in [-0.15, -0.1) is 0 Å². The Morgan fingerprint density at radius 3 is 2.40 bits per heavy atom. The highest BCUT2D eigenvalue weighted by Crippen LogP contribution is 2.30. The number of rotatable bonds is 6. The highest BCUT2D eigenvalue weighted by atomic mass is 35.5. The van der Waals surface area contributed by atoms with Crippen LogP contribution >= 0.6 is 11.6 Å². The fourth-order valence-corrected chi connectivity index (χ4v) is 2.36. The molecule has 0 aliphatic heterocycles. The van der Waals surface area contributed by atoms with Crippen molar-refractivity contribution in [2.75, 3.05) is 6.54 Å². The maximum absolute atomic E-state index is 6.09. The van der Waals surface area contributed by atoms with Gasteiger partial charge < -0.3 is 14.5 Å². The normalized spacial score (nSPS) is 12.7. The highest BCUT2D eigenvalue weighted by molar-refractivity contribution is 6.29. The number of halogens is 1. The molecule has 1 N–H and O–H groups in total. The van der Waals surface area contributed by atoms with Crippen LogP contribution in [0, 0.1) is 0 Å². The predicted molar refractivity (Wildman–Crippen MR) is 81.4 cm³/mol. The molecule has 0 aliphatic carbocycles. The summed E-state index contributed by atoms with van der Waals surface area (Å²) in [7, 11) is 0. The average Bonchev–Trinajstić information content (AvgIpc) is 2.83. The number of nitrogens with one attached hydrogen (secondary N) is 1. The molecule has 2 aromatic rings. The van der Waals surface area contributed by atoms with Crippen LogP contribution in [-0.2, 0) is 0 Å². The van der Waals surface area contributed by atoms with E-state index >= 15 is 0 Å². The van der Waals surface area contributed by atoms with Crippen molar-refractivity contribution in [3.05, 3.63) is 52.9 Å². The van der Waals surface area contributed by atoms with Crippen molar-refractivity contribution in [2.45, 2.75) is 32.9 Å². The zero-order valence-corrected chi connectivity index (χ0v) is 12.8. The summed E-state index contributed by atoms with van der Waals surface area (Å²) >= 11 is 6.09. The van der Waals surface area contributed by atoms with Crippen LogP contribution < -0.4 is 10.1 Å². The van der Waals surface area contributed by atoms with Crippen molar-refractivity contribution < 1.29 is 9.15 Å². The molecule has 0 aliphatic rings. The minimum Gasteiger partial charge on any atom is -0.491 e. The van der Waals surface area contributed by atoms with Gasteiger partial charge in [-0.3, -0.25) is 0 Å². The lowest BCUT2D eigenvalue weighted by molar-refractivity contribution is 0.242. The lowest BCUT2D eigenvalue weighted by atomic mass is 10.0. The quantitative estimate of drug-likeness (QED) is 0.856. The maximum atomic E-state index is 6.09. The summed E-state index contributed by atoms with van der Waals surface area (Å²) in [5.41, 5.74) is 2.08. The third-order valence-corrected chi connectivity index (χ3v) is 3.26. The summed E-state index contributed by atoms with van der Waals surface area (Å²) in [6.45, 7) is 6.94. The Morgan fingerprint density at radius 2 is 1.90 bits per heavy atom. The Morgan fingerprint density at radius 1 is 1.20 bits per heavy atom. The van der Waals surface area contributed by atoms with E-state index in [-0.39, 0.29) is 12.1 Å². The molecular weight excluding hydrogens is 274 g/mol. The molecule has 0 saturated carbocycles. The van der Waals surface area contributed by atoms with Gasteiger partial charge in [-0.1, -0.05) is 19.1 Å². The molecule has 1 unspecified atom stereocenters. The number of benzene rings is 1. The fraction of sp³-hybridized carbons (Fsp3) is 0.375. The fourth-order valence-electron chi connectivity index (χ4n) is 2.13. The topological polar surface area (TPSA) is 34.4 Å². The Hall–Kier alpha value is -1.45. The first-order chi connectivity index (χ1) is 9.61. The first-order valence-electron chi connectivity index (χ1n) is 6.84. The summed E-state index contributed by atoms with van der Waals surface area (Å²) in [4.78, 5) is 0. The summed E-state index contributed by atoms with van der Waals surface area (Å²) in [6, 6.07) is 9.98. The largest absolute Gasteiger partial charge is 0.491 e. The molecule has 4 heteroatoms. The monoisotopic (exact) mass is 293 g/mol. The summed E-state index contributed by atoms with van der Waals surface area (Å²) < 4.78 is 10.8. The molecule has 20 heavy (non-hydrogen) atoms. The van der Waals surface area contributed by atoms with Gasteiger partial charge in [0.05, 0.1) is 18.4 Å². The van der Waals surface area contributed by atoms with E-state index in [1.807, 2.05) is 44.2 Å². The zero-order valence-electron chi connectivity index (χ0n) is 12.0. The second-order valence-electron chi connectivity index (χ2n) is 4.88. The summed E-state index contributed by atoms with van der Waals surface area (Å²) in [5, 5.41) is 3.85. The molecule has 0 fully saturated rings. The van der Waals surface area contributed by atoms with Crippen molar-refractivity contribution >= 4 is 11.6 Å². The summed E-state index contributed by atoms with van der Waals surface area (Å²) in [5.74, 6) is 0.872. The van der Waals surface area contributed by atoms with Gasteiger partial charge in [0.15, 0.2) is 5.22 Å². The molecule has 1 atom stereocenters. The number of hydrogen-bond donors (Lipinski definition) is 1. The third-order valence-electron chi connectivity index (χ3n) is 2.95. The van der Waals surface area contributed by atoms with Gasteiger partial charge in [0.25, 0.3) is 0 Å². The van der Waals surface area contributed by atoms with Crippen LogP contribution in [0.3, 0.4) is 0 Å². The molecule has 0 radical (unpaired) electrons. The van der Waals surface area contributed by atoms with E-state index in [1.54, 1.807) is 6.26 Å². The van der Waals surface area contributed by atoms with Gasteiger partial charge >= 0.3 is 0 Å². The first-order valence-corrected chi connectivity index (χ1v) is 7.22. The minimum absolute atomic E-state index is 0.0272. The number of ether oxygens (including phenoxy) is 1. The lowest BCUT2D eigenvalue weighted by Gasteiger charge is -2.18. The van der Waals surface area contributed by atoms with Crippen LogP contribution in [0.15, 0.2) is 41.0 Å². The van der Waals surface area contributed by atoms with Crippen LogP contribution in [0.1, 0.15) is 37.9 Å². The van der Waals surface area contributed by atoms with E-state index in [0.29, 0.717) is 5.22 Å². The van der Waals surface area contributed by atoms with Crippen molar-refractivity contribution in [3.8, 4) is 5.75 Å². The predicted octanol–water partition coefficient (Wildman–Crippen LogP) is 4.42. The first kappa shape index (κ1) is 14.9. The Labute approximate surface area is 124 Å². The Kier molecular flexibility index (Phi) is 5.10. The lowest BCUT2D eigenvalue weighted by Crippen LogP contribution is -2.21. The van der Waals surface area contributed by atoms with Crippen molar-refractivity contribution in [3.63, 3.8) is 0 Å². The second kappa shape index (κ2) is 6.82. The minimum atomic E-state index is 0.0272. The van der Waals surface area contributed by atoms with Crippen LogP contribution in [0.25, 0.3) is 0 Å². The van der Waals surface area contributed by atoms with E-state index in [0.717, 1.165) is 23.4 Å². The highest BCUT2D eigenvalue weighted by Gasteiger charge is 2.18. The van der Waals surface area contributed by atoms with E-state index in [4.69, 9.17) is 20.8 Å². The van der Waals surface area contributed by atoms with Crippen LogP contribution in [0.2, 0.25) is 5.22 Å². The maximum Gasteiger partial charge on any atom is 0.198 e. The molecule has 2 rings (SSSR count). The standard InChI is InChI=1S/C16H20ClNO2/c1-4-18-15(14-9-10-19-16(14)17)12-5-7-13(8-6-12)20-11(2)3/h5-11,15,18H,4H2,1-3H3. The van der Waals surface area contributed by atoms with Crippen molar-refractivity contribution in [1.82, 2.24) is 5.32 Å². The van der Waals surface area contributed by atoms with Crippen LogP contribution in [0.5, 0.6) is 5.75 Å². The van der Waals surface area contributed by atoms with Crippen molar-refractivity contribution in [2.24, 2.45) is 0 Å². The molecule has 1 heterocycles. The van der Waals surface area contributed by atoms with E-state index < -0.39 is 0 Å². The Bertz CT molecular complexity index is 534. The van der Waals surface area contributed by atoms with E-state index in [2.05, 4.69) is 12.2 Å². The molecule has 0 bridgehead atoms. The second-order valence-corrected chi connectivity index (χ2v) is 5.22. The van der Waals surface area contributed by atoms with Crippen LogP contribution in [-0.4, -0.2) is 12.6 Å². The van der Waals surface area contributed by atoms with Gasteiger partial charge in [-0.25, -0.2) is 0 Å². The molecule has 0 amide bonds. The van der Waals surface area contributed by atoms with Gasteiger partial charge in [0.1, 0.15) is 5.75 Å². The Balaban J connectivity index is 2.24. The smallest absolute Gasteiger partial charge is 0.198 e. The average molecular weight is 294 g/mol. The number of furan rings is 1. The van der Waals surface area contributed by atoms with Gasteiger partial charge in [0.2, 0.25) is 0 Å². The number of hydrogen-bond acceptors (Lipinski definition) is 3. The molecular formula is C16H20ClNO2. The zero-order chi connectivity index (χ0) is 14.5. The molecule has 1 aromatic heterocycles. The van der Waals surface area contributed by atoms with Gasteiger partial charge in [-0.05, 0) is 55.8 Å². The van der Waals surface area contributed by atoms with Crippen LogP contribution in [0.4, 0.5) is 0 Å². The third kappa shape index (κ3) is 3.56. The molecule has 0 saturated heterocycles. The van der Waals surface area contributed by atoms with E-state index in [1.165, 1.54) is 0 Å². The summed E-state index contributed by atoms with van der Waals surface area (Å²) in [6.07, 6.45) is 1.78. The molecule has 3 nitrogen and oxygen atoms in total. The molecule has 108 valence electrons. The van der Waals surface area contributed by atoms with Crippen molar-refractivity contribution in [1.29, 1.82) is 0 Å². The molecule has 0 spiro atoms.